The van der Waals surface area contributed by atoms with E-state index in [0.717, 1.165) is 12.1 Å². The molecule has 1 aliphatic heterocycles. The monoisotopic (exact) mass is 315 g/mol. The van der Waals surface area contributed by atoms with Crippen molar-refractivity contribution in [1.82, 2.24) is 9.62 Å². The quantitative estimate of drug-likeness (QED) is 0.821. The Morgan fingerprint density at radius 1 is 1.48 bits per heavy atom. The Kier molecular flexibility index (Phi) is 4.60. The van der Waals surface area contributed by atoms with Gasteiger partial charge in [-0.1, -0.05) is 12.1 Å². The van der Waals surface area contributed by atoms with Crippen LogP contribution in [0.3, 0.4) is 0 Å². The Labute approximate surface area is 123 Å². The summed E-state index contributed by atoms with van der Waals surface area (Å²) in [7, 11) is -4.08. The van der Waals surface area contributed by atoms with Crippen LogP contribution in [-0.2, 0) is 14.8 Å². The van der Waals surface area contributed by atoms with E-state index in [-0.39, 0.29) is 11.9 Å². The van der Waals surface area contributed by atoms with Crippen molar-refractivity contribution in [2.24, 2.45) is 5.73 Å². The summed E-state index contributed by atoms with van der Waals surface area (Å²) in [4.78, 5) is 13.2. The Morgan fingerprint density at radius 3 is 2.71 bits per heavy atom. The van der Waals surface area contributed by atoms with Crippen LogP contribution >= 0.6 is 0 Å². The van der Waals surface area contributed by atoms with E-state index in [4.69, 9.17) is 5.73 Å². The van der Waals surface area contributed by atoms with Gasteiger partial charge in [-0.3, -0.25) is 4.79 Å². The third kappa shape index (κ3) is 3.58. The van der Waals surface area contributed by atoms with Crippen molar-refractivity contribution >= 4 is 15.9 Å². The highest BCUT2D eigenvalue weighted by molar-refractivity contribution is 7.89. The predicted molar refractivity (Wildman–Crippen MR) is 75.4 cm³/mol. The zero-order valence-corrected chi connectivity index (χ0v) is 12.4. The number of nitrogens with one attached hydrogen (secondary N) is 1. The summed E-state index contributed by atoms with van der Waals surface area (Å²) in [6.45, 7) is 2.35. The van der Waals surface area contributed by atoms with E-state index in [2.05, 4.69) is 4.72 Å². The van der Waals surface area contributed by atoms with Crippen molar-refractivity contribution in [2.45, 2.75) is 30.3 Å². The zero-order chi connectivity index (χ0) is 15.6. The van der Waals surface area contributed by atoms with Crippen molar-refractivity contribution in [3.05, 3.63) is 30.1 Å². The lowest BCUT2D eigenvalue weighted by atomic mass is 10.3. The first-order valence-electron chi connectivity index (χ1n) is 6.62. The summed E-state index contributed by atoms with van der Waals surface area (Å²) in [5.74, 6) is -1.21. The largest absolute Gasteiger partial charge is 0.340 e. The second-order valence-corrected chi connectivity index (χ2v) is 6.79. The van der Waals surface area contributed by atoms with Crippen LogP contribution in [0.2, 0.25) is 0 Å². The molecule has 1 aliphatic rings. The van der Waals surface area contributed by atoms with Crippen LogP contribution in [0.25, 0.3) is 0 Å². The Bertz CT molecular complexity index is 635. The van der Waals surface area contributed by atoms with Crippen molar-refractivity contribution < 1.29 is 17.6 Å². The van der Waals surface area contributed by atoms with Gasteiger partial charge in [0.1, 0.15) is 10.7 Å². The molecular formula is C13H18FN3O3S. The van der Waals surface area contributed by atoms with Crippen LogP contribution in [-0.4, -0.2) is 44.4 Å². The molecule has 1 fully saturated rings. The maximum atomic E-state index is 13.6. The summed E-state index contributed by atoms with van der Waals surface area (Å²) in [5, 5.41) is 0. The number of sulfonamides is 1. The van der Waals surface area contributed by atoms with Gasteiger partial charge in [-0.25, -0.2) is 12.8 Å². The Hall–Kier alpha value is -1.51. The van der Waals surface area contributed by atoms with Crippen molar-refractivity contribution in [2.75, 3.05) is 13.1 Å². The highest BCUT2D eigenvalue weighted by Crippen LogP contribution is 2.15. The van der Waals surface area contributed by atoms with E-state index < -0.39 is 26.8 Å². The normalized spacial score (nSPS) is 20.5. The van der Waals surface area contributed by atoms with Gasteiger partial charge in [0.05, 0.1) is 6.04 Å². The second-order valence-electron chi connectivity index (χ2n) is 5.11. The molecule has 2 rings (SSSR count). The minimum Gasteiger partial charge on any atom is -0.340 e. The first kappa shape index (κ1) is 15.9. The number of hydrogen-bond donors (Lipinski definition) is 2. The van der Waals surface area contributed by atoms with Gasteiger partial charge in [-0.05, 0) is 25.5 Å². The van der Waals surface area contributed by atoms with Gasteiger partial charge in [0, 0.05) is 19.1 Å². The number of nitrogens with zero attached hydrogens (tertiary/aromatic N) is 1. The minimum atomic E-state index is -4.08. The van der Waals surface area contributed by atoms with Crippen LogP contribution in [0.15, 0.2) is 29.2 Å². The van der Waals surface area contributed by atoms with Gasteiger partial charge in [-0.2, -0.15) is 4.72 Å². The van der Waals surface area contributed by atoms with Crippen LogP contribution in [0.1, 0.15) is 13.3 Å². The molecule has 1 heterocycles. The molecule has 0 saturated carbocycles. The lowest BCUT2D eigenvalue weighted by molar-refractivity contribution is -0.131. The molecule has 6 nitrogen and oxygen atoms in total. The number of halogens is 1. The van der Waals surface area contributed by atoms with E-state index in [1.807, 2.05) is 0 Å². The number of nitrogens with two attached hydrogens (primary N) is 1. The number of hydrogen-bond acceptors (Lipinski definition) is 4. The maximum absolute atomic E-state index is 13.6. The summed E-state index contributed by atoms with van der Waals surface area (Å²) >= 11 is 0. The van der Waals surface area contributed by atoms with E-state index in [9.17, 15) is 17.6 Å². The lowest BCUT2D eigenvalue weighted by Gasteiger charge is -2.21. The average molecular weight is 315 g/mol. The molecule has 21 heavy (non-hydrogen) atoms. The highest BCUT2D eigenvalue weighted by atomic mass is 32.2. The van der Waals surface area contributed by atoms with Crippen LogP contribution < -0.4 is 10.5 Å². The molecule has 0 bridgehead atoms. The molecule has 8 heteroatoms. The molecule has 0 aliphatic carbocycles. The summed E-state index contributed by atoms with van der Waals surface area (Å²) in [6, 6.07) is 3.98. The summed E-state index contributed by atoms with van der Waals surface area (Å²) in [6.07, 6.45) is 0.693. The number of benzene rings is 1. The molecule has 1 aromatic carbocycles. The molecular weight excluding hydrogens is 297 g/mol. The fraction of sp³-hybridized carbons (Fsp3) is 0.462. The molecule has 3 N–H and O–H groups in total. The van der Waals surface area contributed by atoms with Crippen molar-refractivity contribution in [3.8, 4) is 0 Å². The zero-order valence-electron chi connectivity index (χ0n) is 11.6. The lowest BCUT2D eigenvalue weighted by Crippen LogP contribution is -2.46. The third-order valence-corrected chi connectivity index (χ3v) is 4.94. The Balaban J connectivity index is 2.10. The minimum absolute atomic E-state index is 0.0793. The highest BCUT2D eigenvalue weighted by Gasteiger charge is 2.30. The fourth-order valence-corrected chi connectivity index (χ4v) is 3.55. The first-order valence-corrected chi connectivity index (χ1v) is 8.11. The summed E-state index contributed by atoms with van der Waals surface area (Å²) in [5.41, 5.74) is 5.72. The van der Waals surface area contributed by atoms with Gasteiger partial charge in [0.2, 0.25) is 15.9 Å². The van der Waals surface area contributed by atoms with Gasteiger partial charge >= 0.3 is 0 Å². The number of likely N-dealkylation sites (tertiary alicyclic amines) is 1. The topological polar surface area (TPSA) is 92.5 Å². The second kappa shape index (κ2) is 6.08. The summed E-state index contributed by atoms with van der Waals surface area (Å²) < 4.78 is 40.0. The van der Waals surface area contributed by atoms with Crippen LogP contribution in [0, 0.1) is 5.82 Å². The number of carbonyl (C=O) groups excluding carboxylic acids is 1. The molecule has 2 atom stereocenters. The molecule has 1 saturated heterocycles. The molecule has 0 radical (unpaired) electrons. The van der Waals surface area contributed by atoms with E-state index in [0.29, 0.717) is 19.5 Å². The van der Waals surface area contributed by atoms with E-state index in [1.54, 1.807) is 0 Å². The van der Waals surface area contributed by atoms with Gasteiger partial charge in [0.15, 0.2) is 0 Å². The molecule has 1 amide bonds. The Morgan fingerprint density at radius 2 is 2.14 bits per heavy atom. The first-order chi connectivity index (χ1) is 9.81. The standard InChI is InChI=1S/C13H18FN3O3S/c1-9(13(18)17-7-6-10(15)8-17)16-21(19,20)12-5-3-2-4-11(12)14/h2-5,9-10,16H,6-8,15H2,1H3/t9?,10-/m1/s1. The van der Waals surface area contributed by atoms with Gasteiger partial charge in [0.25, 0.3) is 0 Å². The van der Waals surface area contributed by atoms with Gasteiger partial charge in [-0.15, -0.1) is 0 Å². The molecule has 0 aromatic heterocycles. The van der Waals surface area contributed by atoms with Crippen LogP contribution in [0.4, 0.5) is 4.39 Å². The molecule has 116 valence electrons. The molecule has 0 spiro atoms. The third-order valence-electron chi connectivity index (χ3n) is 3.36. The fourth-order valence-electron chi connectivity index (χ4n) is 2.27. The smallest absolute Gasteiger partial charge is 0.244 e. The van der Waals surface area contributed by atoms with E-state index >= 15 is 0 Å². The molecule has 1 unspecified atom stereocenters. The average Bonchev–Trinajstić information content (AvgIpc) is 2.84. The van der Waals surface area contributed by atoms with Gasteiger partial charge < -0.3 is 10.6 Å². The van der Waals surface area contributed by atoms with Crippen LogP contribution in [0.5, 0.6) is 0 Å². The van der Waals surface area contributed by atoms with E-state index in [1.165, 1.54) is 24.0 Å². The maximum Gasteiger partial charge on any atom is 0.244 e. The van der Waals surface area contributed by atoms with Crippen molar-refractivity contribution in [3.63, 3.8) is 0 Å². The molecule has 1 aromatic rings. The number of amides is 1. The predicted octanol–water partition coefficient (Wildman–Crippen LogP) is 0.0521. The number of carbonyl (C=O) groups is 1. The SMILES string of the molecule is CC(NS(=O)(=O)c1ccccc1F)C(=O)N1CC[C@@H](N)C1. The number of rotatable bonds is 4. The van der Waals surface area contributed by atoms with Crippen molar-refractivity contribution in [1.29, 1.82) is 0 Å².